The average Bonchev–Trinajstić information content (AvgIpc) is 2.47. The highest BCUT2D eigenvalue weighted by Gasteiger charge is 2.09. The number of amidine groups is 1. The summed E-state index contributed by atoms with van der Waals surface area (Å²) in [7, 11) is 0. The lowest BCUT2D eigenvalue weighted by Crippen LogP contribution is -2.34. The number of para-hydroxylation sites is 1. The van der Waals surface area contributed by atoms with E-state index in [4.69, 9.17) is 10.9 Å². The molecule has 1 aromatic carbocycles. The van der Waals surface area contributed by atoms with E-state index in [2.05, 4.69) is 28.0 Å². The molecular weight excluding hydrogens is 252 g/mol. The Morgan fingerprint density at radius 1 is 1.30 bits per heavy atom. The molecule has 2 rings (SSSR count). The summed E-state index contributed by atoms with van der Waals surface area (Å²) in [5.74, 6) is 0.222. The van der Waals surface area contributed by atoms with Gasteiger partial charge in [0.05, 0.1) is 17.8 Å². The molecule has 0 atom stereocenters. The maximum Gasteiger partial charge on any atom is 0.153 e. The molecule has 0 aliphatic heterocycles. The second-order valence-corrected chi connectivity index (χ2v) is 4.80. The van der Waals surface area contributed by atoms with Gasteiger partial charge < -0.3 is 10.9 Å². The van der Waals surface area contributed by atoms with Gasteiger partial charge in [-0.05, 0) is 25.1 Å². The van der Waals surface area contributed by atoms with Crippen LogP contribution in [0.3, 0.4) is 0 Å². The predicted molar refractivity (Wildman–Crippen MR) is 80.7 cm³/mol. The first-order chi connectivity index (χ1) is 9.72. The molecule has 0 saturated heterocycles. The van der Waals surface area contributed by atoms with Crippen molar-refractivity contribution in [2.45, 2.75) is 19.9 Å². The third-order valence-electron chi connectivity index (χ3n) is 3.10. The Morgan fingerprint density at radius 2 is 2.10 bits per heavy atom. The molecule has 5 heteroatoms. The number of oxime groups is 1. The first kappa shape index (κ1) is 14.3. The Morgan fingerprint density at radius 3 is 2.85 bits per heavy atom. The zero-order valence-corrected chi connectivity index (χ0v) is 11.7. The molecule has 5 nitrogen and oxygen atoms in total. The van der Waals surface area contributed by atoms with Gasteiger partial charge in [-0.1, -0.05) is 36.3 Å². The third-order valence-corrected chi connectivity index (χ3v) is 3.10. The Bertz CT molecular complexity index is 597. The van der Waals surface area contributed by atoms with Gasteiger partial charge >= 0.3 is 0 Å². The second kappa shape index (κ2) is 6.86. The standard InChI is InChI=1S/C15H20N4O/c1-2-9-19(11-15(16)18-20)10-13-8-7-12-5-3-4-6-14(12)17-13/h3-8,20H,2,9-11H2,1H3,(H2,16,18). The fourth-order valence-corrected chi connectivity index (χ4v) is 2.22. The van der Waals surface area contributed by atoms with E-state index >= 15 is 0 Å². The van der Waals surface area contributed by atoms with Gasteiger partial charge in [-0.2, -0.15) is 0 Å². The topological polar surface area (TPSA) is 74.7 Å². The number of hydrogen-bond donors (Lipinski definition) is 2. The number of nitrogens with two attached hydrogens (primary N) is 1. The van der Waals surface area contributed by atoms with E-state index in [0.717, 1.165) is 29.6 Å². The van der Waals surface area contributed by atoms with Crippen LogP contribution in [0.5, 0.6) is 0 Å². The number of fused-ring (bicyclic) bond motifs is 1. The molecule has 1 aromatic heterocycles. The molecule has 0 amide bonds. The van der Waals surface area contributed by atoms with Crippen LogP contribution in [-0.2, 0) is 6.54 Å². The molecule has 106 valence electrons. The van der Waals surface area contributed by atoms with Crippen LogP contribution >= 0.6 is 0 Å². The van der Waals surface area contributed by atoms with Crippen molar-refractivity contribution in [3.05, 3.63) is 42.1 Å². The number of aromatic nitrogens is 1. The smallest absolute Gasteiger partial charge is 0.153 e. The van der Waals surface area contributed by atoms with Crippen LogP contribution in [0, 0.1) is 0 Å². The first-order valence-electron chi connectivity index (χ1n) is 6.76. The molecule has 1 heterocycles. The molecule has 3 N–H and O–H groups in total. The predicted octanol–water partition coefficient (Wildman–Crippen LogP) is 2.19. The first-order valence-corrected chi connectivity index (χ1v) is 6.76. The van der Waals surface area contributed by atoms with Crippen LogP contribution in [0.25, 0.3) is 10.9 Å². The van der Waals surface area contributed by atoms with E-state index in [-0.39, 0.29) is 5.84 Å². The van der Waals surface area contributed by atoms with Gasteiger partial charge in [0.1, 0.15) is 0 Å². The van der Waals surface area contributed by atoms with E-state index < -0.39 is 0 Å². The van der Waals surface area contributed by atoms with Crippen molar-refractivity contribution in [1.82, 2.24) is 9.88 Å². The molecule has 0 aliphatic rings. The lowest BCUT2D eigenvalue weighted by molar-refractivity contribution is 0.284. The molecular formula is C15H20N4O. The Balaban J connectivity index is 2.15. The van der Waals surface area contributed by atoms with Crippen molar-refractivity contribution < 1.29 is 5.21 Å². The van der Waals surface area contributed by atoms with E-state index in [1.807, 2.05) is 30.3 Å². The van der Waals surface area contributed by atoms with Gasteiger partial charge in [0.15, 0.2) is 5.84 Å². The highest BCUT2D eigenvalue weighted by atomic mass is 16.4. The minimum absolute atomic E-state index is 0.222. The second-order valence-electron chi connectivity index (χ2n) is 4.80. The molecule has 0 unspecified atom stereocenters. The highest BCUT2D eigenvalue weighted by Crippen LogP contribution is 2.13. The van der Waals surface area contributed by atoms with E-state index in [9.17, 15) is 0 Å². The van der Waals surface area contributed by atoms with Crippen molar-refractivity contribution in [2.75, 3.05) is 13.1 Å². The minimum atomic E-state index is 0.222. The highest BCUT2D eigenvalue weighted by molar-refractivity contribution is 5.81. The summed E-state index contributed by atoms with van der Waals surface area (Å²) >= 11 is 0. The number of benzene rings is 1. The summed E-state index contributed by atoms with van der Waals surface area (Å²) in [4.78, 5) is 6.76. The van der Waals surface area contributed by atoms with E-state index in [1.54, 1.807) is 0 Å². The van der Waals surface area contributed by atoms with Crippen LogP contribution in [-0.4, -0.2) is 34.0 Å². The van der Waals surface area contributed by atoms with Gasteiger partial charge in [-0.25, -0.2) is 0 Å². The van der Waals surface area contributed by atoms with Crippen LogP contribution in [0.15, 0.2) is 41.6 Å². The van der Waals surface area contributed by atoms with E-state index in [1.165, 1.54) is 0 Å². The minimum Gasteiger partial charge on any atom is -0.409 e. The van der Waals surface area contributed by atoms with E-state index in [0.29, 0.717) is 13.1 Å². The van der Waals surface area contributed by atoms with Crippen molar-refractivity contribution in [1.29, 1.82) is 0 Å². The van der Waals surface area contributed by atoms with Gasteiger partial charge in [0.25, 0.3) is 0 Å². The molecule has 0 saturated carbocycles. The molecule has 20 heavy (non-hydrogen) atoms. The van der Waals surface area contributed by atoms with Crippen LogP contribution < -0.4 is 5.73 Å². The van der Waals surface area contributed by atoms with Crippen LogP contribution in [0.1, 0.15) is 19.0 Å². The average molecular weight is 272 g/mol. The monoisotopic (exact) mass is 272 g/mol. The Kier molecular flexibility index (Phi) is 4.90. The van der Waals surface area contributed by atoms with Crippen LogP contribution in [0.2, 0.25) is 0 Å². The zero-order valence-electron chi connectivity index (χ0n) is 11.7. The van der Waals surface area contributed by atoms with Gasteiger partial charge in [-0.3, -0.25) is 9.88 Å². The lowest BCUT2D eigenvalue weighted by atomic mass is 10.2. The van der Waals surface area contributed by atoms with Crippen molar-refractivity contribution in [2.24, 2.45) is 10.9 Å². The molecule has 2 aromatic rings. The molecule has 0 fully saturated rings. The summed E-state index contributed by atoms with van der Waals surface area (Å²) in [6, 6.07) is 12.1. The summed E-state index contributed by atoms with van der Waals surface area (Å²) in [6.45, 7) is 4.12. The SMILES string of the molecule is CCCN(CC(N)=NO)Cc1ccc2ccccc2n1. The maximum atomic E-state index is 8.68. The third kappa shape index (κ3) is 3.68. The largest absolute Gasteiger partial charge is 0.409 e. The molecule has 0 radical (unpaired) electrons. The summed E-state index contributed by atoms with van der Waals surface area (Å²) in [6.07, 6.45) is 1.01. The van der Waals surface area contributed by atoms with Crippen molar-refractivity contribution in [3.63, 3.8) is 0 Å². The number of rotatable bonds is 6. The van der Waals surface area contributed by atoms with Crippen molar-refractivity contribution >= 4 is 16.7 Å². The summed E-state index contributed by atoms with van der Waals surface area (Å²) in [5.41, 5.74) is 7.57. The Hall–Kier alpha value is -2.14. The lowest BCUT2D eigenvalue weighted by Gasteiger charge is -2.20. The van der Waals surface area contributed by atoms with Crippen molar-refractivity contribution in [3.8, 4) is 0 Å². The maximum absolute atomic E-state index is 8.68. The number of hydrogen-bond acceptors (Lipinski definition) is 4. The molecule has 0 spiro atoms. The normalized spacial score (nSPS) is 12.2. The number of pyridine rings is 1. The van der Waals surface area contributed by atoms with Gasteiger partial charge in [0, 0.05) is 11.9 Å². The van der Waals surface area contributed by atoms with Gasteiger partial charge in [-0.15, -0.1) is 0 Å². The number of nitrogens with zero attached hydrogens (tertiary/aromatic N) is 3. The molecule has 0 bridgehead atoms. The van der Waals surface area contributed by atoms with Gasteiger partial charge in [0.2, 0.25) is 0 Å². The van der Waals surface area contributed by atoms with Crippen LogP contribution in [0.4, 0.5) is 0 Å². The fourth-order valence-electron chi connectivity index (χ4n) is 2.22. The molecule has 0 aliphatic carbocycles. The fraction of sp³-hybridized carbons (Fsp3) is 0.333. The zero-order chi connectivity index (χ0) is 14.4. The summed E-state index contributed by atoms with van der Waals surface area (Å²) in [5, 5.41) is 12.8. The quantitative estimate of drug-likeness (QED) is 0.366. The Labute approximate surface area is 118 Å². The summed E-state index contributed by atoms with van der Waals surface area (Å²) < 4.78 is 0.